The molecule has 2 heteroatoms. The zero-order valence-electron chi connectivity index (χ0n) is 15.2. The minimum absolute atomic E-state index is 0.0120. The lowest BCUT2D eigenvalue weighted by Crippen LogP contribution is -2.64. The molecule has 1 N–H and O–H groups in total. The molecular formula is C21H32O2. The predicted octanol–water partition coefficient (Wildman–Crippen LogP) is 4.63. The van der Waals surface area contributed by atoms with Crippen LogP contribution in [0, 0.1) is 22.2 Å². The van der Waals surface area contributed by atoms with E-state index in [2.05, 4.69) is 46.9 Å². The van der Waals surface area contributed by atoms with Gasteiger partial charge in [0, 0.05) is 10.8 Å². The van der Waals surface area contributed by atoms with E-state index in [4.69, 9.17) is 4.74 Å². The van der Waals surface area contributed by atoms with Gasteiger partial charge in [-0.25, -0.2) is 0 Å². The highest BCUT2D eigenvalue weighted by Crippen LogP contribution is 2.80. The minimum atomic E-state index is -0.311. The van der Waals surface area contributed by atoms with E-state index in [0.717, 1.165) is 38.5 Å². The van der Waals surface area contributed by atoms with Gasteiger partial charge in [0.2, 0.25) is 0 Å². The lowest BCUT2D eigenvalue weighted by molar-refractivity contribution is -0.136. The second-order valence-corrected chi connectivity index (χ2v) is 9.79. The fourth-order valence-electron chi connectivity index (χ4n) is 6.79. The summed E-state index contributed by atoms with van der Waals surface area (Å²) in [5.74, 6) is 0.520. The molecule has 0 amide bonds. The van der Waals surface area contributed by atoms with E-state index in [-0.39, 0.29) is 33.6 Å². The molecular weight excluding hydrogens is 284 g/mol. The summed E-state index contributed by atoms with van der Waals surface area (Å²) >= 11 is 0. The molecule has 3 aliphatic carbocycles. The third-order valence-electron chi connectivity index (χ3n) is 8.75. The smallest absolute Gasteiger partial charge is 0.107 e. The molecule has 0 spiro atoms. The van der Waals surface area contributed by atoms with Crippen LogP contribution in [0.5, 0.6) is 0 Å². The third kappa shape index (κ3) is 1.49. The van der Waals surface area contributed by atoms with Crippen molar-refractivity contribution in [1.82, 2.24) is 0 Å². The van der Waals surface area contributed by atoms with Gasteiger partial charge in [0.15, 0.2) is 0 Å². The van der Waals surface area contributed by atoms with Gasteiger partial charge in [-0.2, -0.15) is 0 Å². The highest BCUT2D eigenvalue weighted by molar-refractivity contribution is 5.40. The van der Waals surface area contributed by atoms with Gasteiger partial charge in [0.1, 0.15) is 11.2 Å². The Morgan fingerprint density at radius 1 is 1.13 bits per heavy atom. The molecule has 1 heterocycles. The van der Waals surface area contributed by atoms with E-state index >= 15 is 0 Å². The van der Waals surface area contributed by atoms with Gasteiger partial charge >= 0.3 is 0 Å². The highest BCUT2D eigenvalue weighted by Gasteiger charge is 2.86. The Labute approximate surface area is 141 Å². The van der Waals surface area contributed by atoms with Crippen molar-refractivity contribution < 1.29 is 9.84 Å². The zero-order valence-corrected chi connectivity index (χ0v) is 15.2. The van der Waals surface area contributed by atoms with Crippen molar-refractivity contribution in [2.45, 2.75) is 83.5 Å². The van der Waals surface area contributed by atoms with Crippen LogP contribution in [0.25, 0.3) is 0 Å². The first-order chi connectivity index (χ1) is 10.6. The lowest BCUT2D eigenvalue weighted by atomic mass is 9.42. The van der Waals surface area contributed by atoms with Crippen molar-refractivity contribution >= 4 is 0 Å². The van der Waals surface area contributed by atoms with E-state index < -0.39 is 0 Å². The van der Waals surface area contributed by atoms with E-state index in [9.17, 15) is 5.11 Å². The Kier molecular flexibility index (Phi) is 2.86. The van der Waals surface area contributed by atoms with Crippen molar-refractivity contribution in [1.29, 1.82) is 0 Å². The number of epoxide rings is 1. The topological polar surface area (TPSA) is 32.8 Å². The van der Waals surface area contributed by atoms with E-state index in [0.29, 0.717) is 5.92 Å². The maximum Gasteiger partial charge on any atom is 0.107 e. The van der Waals surface area contributed by atoms with Crippen LogP contribution >= 0.6 is 0 Å². The third-order valence-corrected chi connectivity index (χ3v) is 8.75. The van der Waals surface area contributed by atoms with Gasteiger partial charge < -0.3 is 9.84 Å². The minimum Gasteiger partial charge on any atom is -0.392 e. The van der Waals surface area contributed by atoms with E-state index in [1.54, 1.807) is 0 Å². The van der Waals surface area contributed by atoms with E-state index in [1.807, 2.05) is 0 Å². The lowest BCUT2D eigenvalue weighted by Gasteiger charge is -2.60. The van der Waals surface area contributed by atoms with E-state index in [1.165, 1.54) is 5.57 Å². The Morgan fingerprint density at radius 3 is 2.48 bits per heavy atom. The molecule has 128 valence electrons. The summed E-state index contributed by atoms with van der Waals surface area (Å²) in [6.45, 7) is 17.6. The second kappa shape index (κ2) is 4.14. The van der Waals surface area contributed by atoms with Gasteiger partial charge in [-0.1, -0.05) is 45.9 Å². The number of fused-ring (bicyclic) bond motifs is 1. The van der Waals surface area contributed by atoms with Crippen LogP contribution in [-0.4, -0.2) is 22.4 Å². The standard InChI is InChI=1S/C21H32O2/c1-7-18(5)12-15-9-11-20-17(3,4)14(2)8-10-21(20,23-20)19(15,6)16(22)13-18/h7,15-16,22H,1-2,8-13H2,3-6H3/t15-,16+,18-,19+,20+,21+/m1/s1. The van der Waals surface area contributed by atoms with Crippen molar-refractivity contribution in [3.05, 3.63) is 24.8 Å². The Morgan fingerprint density at radius 2 is 1.83 bits per heavy atom. The quantitative estimate of drug-likeness (QED) is 0.565. The molecule has 2 nitrogen and oxygen atoms in total. The summed E-state index contributed by atoms with van der Waals surface area (Å²) in [7, 11) is 0. The van der Waals surface area contributed by atoms with Crippen LogP contribution in [0.4, 0.5) is 0 Å². The molecule has 0 radical (unpaired) electrons. The van der Waals surface area contributed by atoms with Crippen LogP contribution < -0.4 is 0 Å². The molecule has 23 heavy (non-hydrogen) atoms. The monoisotopic (exact) mass is 316 g/mol. The summed E-state index contributed by atoms with van der Waals surface area (Å²) in [6, 6.07) is 0. The number of hydrogen-bond acceptors (Lipinski definition) is 2. The Bertz CT molecular complexity index is 593. The number of aliphatic hydroxyl groups excluding tert-OH is 1. The second-order valence-electron chi connectivity index (χ2n) is 9.79. The van der Waals surface area contributed by atoms with Gasteiger partial charge in [-0.15, -0.1) is 6.58 Å². The molecule has 4 rings (SSSR count). The van der Waals surface area contributed by atoms with Crippen molar-refractivity contribution in [3.8, 4) is 0 Å². The number of rotatable bonds is 1. The first-order valence-electron chi connectivity index (χ1n) is 9.29. The Hall–Kier alpha value is -0.600. The summed E-state index contributed by atoms with van der Waals surface area (Å²) in [5.41, 5.74) is 1.03. The summed E-state index contributed by atoms with van der Waals surface area (Å²) in [5, 5.41) is 11.2. The normalized spacial score (nSPS) is 57.0. The first-order valence-corrected chi connectivity index (χ1v) is 9.29. The molecule has 0 unspecified atom stereocenters. The molecule has 0 bridgehead atoms. The summed E-state index contributed by atoms with van der Waals surface area (Å²) in [6.07, 6.45) is 8.02. The average Bonchev–Trinajstić information content (AvgIpc) is 3.19. The Balaban J connectivity index is 1.79. The maximum atomic E-state index is 11.2. The molecule has 4 aliphatic rings. The SMILES string of the molecule is C=C[C@]1(C)C[C@H]2CC[C@@]34O[C@@]3(CCC(=C)C4(C)C)[C@]2(C)[C@@H](O)C1. The van der Waals surface area contributed by atoms with Crippen molar-refractivity contribution in [2.24, 2.45) is 22.2 Å². The molecule has 0 aromatic rings. The van der Waals surface area contributed by atoms with Crippen molar-refractivity contribution in [2.75, 3.05) is 0 Å². The average molecular weight is 316 g/mol. The number of allylic oxidation sites excluding steroid dienone is 1. The molecule has 4 fully saturated rings. The van der Waals surface area contributed by atoms with Gasteiger partial charge in [0.05, 0.1) is 6.10 Å². The molecule has 1 saturated heterocycles. The molecule has 1 aliphatic heterocycles. The highest BCUT2D eigenvalue weighted by atomic mass is 16.6. The molecule has 0 aromatic heterocycles. The van der Waals surface area contributed by atoms with Crippen molar-refractivity contribution in [3.63, 3.8) is 0 Å². The van der Waals surface area contributed by atoms with Gasteiger partial charge in [-0.05, 0) is 49.9 Å². The van der Waals surface area contributed by atoms with Crippen LogP contribution in [0.3, 0.4) is 0 Å². The summed E-state index contributed by atoms with van der Waals surface area (Å²) < 4.78 is 6.70. The van der Waals surface area contributed by atoms with Crippen LogP contribution in [-0.2, 0) is 4.74 Å². The molecule has 6 atom stereocenters. The predicted molar refractivity (Wildman–Crippen MR) is 93.1 cm³/mol. The number of hydrogen-bond donors (Lipinski definition) is 1. The number of ether oxygens (including phenoxy) is 1. The van der Waals surface area contributed by atoms with Crippen LogP contribution in [0.15, 0.2) is 24.8 Å². The fourth-order valence-corrected chi connectivity index (χ4v) is 6.79. The zero-order chi connectivity index (χ0) is 16.9. The number of aliphatic hydroxyl groups is 1. The molecule has 0 aromatic carbocycles. The van der Waals surface area contributed by atoms with Crippen LogP contribution in [0.2, 0.25) is 0 Å². The first kappa shape index (κ1) is 15.9. The molecule has 3 saturated carbocycles. The fraction of sp³-hybridized carbons (Fsp3) is 0.810. The van der Waals surface area contributed by atoms with Gasteiger partial charge in [-0.3, -0.25) is 0 Å². The summed E-state index contributed by atoms with van der Waals surface area (Å²) in [4.78, 5) is 0. The maximum absolute atomic E-state index is 11.2. The van der Waals surface area contributed by atoms with Gasteiger partial charge in [0.25, 0.3) is 0 Å². The largest absolute Gasteiger partial charge is 0.392 e. The van der Waals surface area contributed by atoms with Crippen LogP contribution in [0.1, 0.15) is 66.2 Å².